The zero-order valence-corrected chi connectivity index (χ0v) is 25.9. The highest BCUT2D eigenvalue weighted by Gasteiger charge is 2.20. The van der Waals surface area contributed by atoms with Crippen LogP contribution in [0.1, 0.15) is 66.2 Å². The Labute approximate surface area is 266 Å². The summed E-state index contributed by atoms with van der Waals surface area (Å²) in [5.41, 5.74) is 7.24. The van der Waals surface area contributed by atoms with Crippen molar-refractivity contribution >= 4 is 49.6 Å². The fourth-order valence-corrected chi connectivity index (χ4v) is 5.22. The van der Waals surface area contributed by atoms with E-state index in [4.69, 9.17) is 0 Å². The number of rotatable bonds is 4. The van der Waals surface area contributed by atoms with E-state index in [-0.39, 0.29) is 49.6 Å². The maximum atomic E-state index is 4.67. The SMILES string of the molecule is Cc1cc(-c2cnc([C@@H]3CCCN3)[nH]2)cc(-c2ccccc2)c1C#CC#Cc1cnc([C@@H]2CCCN2)[nH]1.Cl.Cl.Cl.Cl. The molecule has 2 aliphatic rings. The Kier molecular flexibility index (Phi) is 13.3. The molecular weight excluding hydrogens is 598 g/mol. The van der Waals surface area contributed by atoms with Crippen molar-refractivity contribution in [3.8, 4) is 46.1 Å². The first kappa shape index (κ1) is 34.3. The smallest absolute Gasteiger partial charge is 0.124 e. The summed E-state index contributed by atoms with van der Waals surface area (Å²) in [5, 5.41) is 6.97. The number of imidazole rings is 2. The molecule has 4 heterocycles. The lowest BCUT2D eigenvalue weighted by atomic mass is 9.93. The van der Waals surface area contributed by atoms with Crippen LogP contribution in [0, 0.1) is 30.6 Å². The third-order valence-corrected chi connectivity index (χ3v) is 7.15. The van der Waals surface area contributed by atoms with Crippen LogP contribution in [0.5, 0.6) is 0 Å². The average molecular weight is 632 g/mol. The van der Waals surface area contributed by atoms with Crippen molar-refractivity contribution in [1.82, 2.24) is 30.6 Å². The molecule has 2 aromatic carbocycles. The largest absolute Gasteiger partial charge is 0.341 e. The predicted molar refractivity (Wildman–Crippen MR) is 175 cm³/mol. The van der Waals surface area contributed by atoms with Crippen LogP contribution in [0.3, 0.4) is 0 Å². The first-order chi connectivity index (χ1) is 18.2. The quantitative estimate of drug-likeness (QED) is 0.189. The number of aryl methyl sites for hydroxylation is 1. The third-order valence-electron chi connectivity index (χ3n) is 7.15. The van der Waals surface area contributed by atoms with Crippen LogP contribution in [-0.2, 0) is 0 Å². The van der Waals surface area contributed by atoms with E-state index in [1.807, 2.05) is 12.3 Å². The summed E-state index contributed by atoms with van der Waals surface area (Å²) in [6.45, 7) is 4.20. The molecule has 41 heavy (non-hydrogen) atoms. The highest BCUT2D eigenvalue weighted by atomic mass is 35.5. The van der Waals surface area contributed by atoms with Gasteiger partial charge in [0.1, 0.15) is 17.3 Å². The second kappa shape index (κ2) is 15.9. The molecule has 6 rings (SSSR count). The molecule has 2 saturated heterocycles. The average Bonchev–Trinajstić information content (AvgIpc) is 3.74. The minimum atomic E-state index is 0. The number of halogens is 4. The highest BCUT2D eigenvalue weighted by molar-refractivity contribution is 5.86. The first-order valence-electron chi connectivity index (χ1n) is 13.0. The number of nitrogens with one attached hydrogen (secondary N) is 4. The van der Waals surface area contributed by atoms with Gasteiger partial charge in [-0.2, -0.15) is 0 Å². The van der Waals surface area contributed by atoms with Crippen molar-refractivity contribution in [2.24, 2.45) is 0 Å². The molecule has 2 atom stereocenters. The van der Waals surface area contributed by atoms with E-state index in [0.717, 1.165) is 76.8 Å². The van der Waals surface area contributed by atoms with Crippen molar-refractivity contribution in [2.75, 3.05) is 13.1 Å². The summed E-state index contributed by atoms with van der Waals surface area (Å²) < 4.78 is 0. The topological polar surface area (TPSA) is 81.4 Å². The molecule has 4 N–H and O–H groups in total. The lowest BCUT2D eigenvalue weighted by Gasteiger charge is -2.11. The molecule has 0 radical (unpaired) electrons. The highest BCUT2D eigenvalue weighted by Crippen LogP contribution is 2.32. The standard InChI is InChI=1S/C31H30N6.4ClH/c1-21-17-23(29-20-35-31(37-29)28-14-8-16-33-28)18-26(22-9-3-2-4-10-22)25(21)12-6-5-11-24-19-34-30(36-24)27-13-7-15-32-27;;;;/h2-4,9-10,17-20,27-28,32-33H,7-8,13-16H2,1H3,(H,34,36)(H,35,37);4*1H/t27-,28-;;;;/m0..../s1. The van der Waals surface area contributed by atoms with Gasteiger partial charge in [0.15, 0.2) is 0 Å². The van der Waals surface area contributed by atoms with Gasteiger partial charge in [-0.05, 0) is 92.3 Å². The van der Waals surface area contributed by atoms with E-state index in [1.54, 1.807) is 6.20 Å². The number of H-pyrrole nitrogens is 2. The van der Waals surface area contributed by atoms with Gasteiger partial charge >= 0.3 is 0 Å². The molecule has 0 unspecified atom stereocenters. The van der Waals surface area contributed by atoms with Gasteiger partial charge in [-0.1, -0.05) is 36.3 Å². The second-order valence-corrected chi connectivity index (χ2v) is 9.74. The van der Waals surface area contributed by atoms with Crippen LogP contribution in [0.4, 0.5) is 0 Å². The molecule has 0 aliphatic carbocycles. The number of hydrogen-bond acceptors (Lipinski definition) is 4. The normalized spacial score (nSPS) is 16.9. The fraction of sp³-hybridized carbons (Fsp3) is 0.290. The Balaban J connectivity index is 0.00000147. The lowest BCUT2D eigenvalue weighted by molar-refractivity contribution is 0.612. The van der Waals surface area contributed by atoms with Gasteiger partial charge in [-0.3, -0.25) is 0 Å². The summed E-state index contributed by atoms with van der Waals surface area (Å²) in [7, 11) is 0. The van der Waals surface area contributed by atoms with Crippen molar-refractivity contribution in [3.05, 3.63) is 83.3 Å². The van der Waals surface area contributed by atoms with Gasteiger partial charge in [0.25, 0.3) is 0 Å². The Morgan fingerprint density at radius 3 is 2.02 bits per heavy atom. The zero-order chi connectivity index (χ0) is 25.0. The van der Waals surface area contributed by atoms with Crippen molar-refractivity contribution in [3.63, 3.8) is 0 Å². The molecule has 0 spiro atoms. The third kappa shape index (κ3) is 7.87. The number of aromatic nitrogens is 4. The van der Waals surface area contributed by atoms with Crippen LogP contribution in [0.15, 0.2) is 54.9 Å². The van der Waals surface area contributed by atoms with Crippen LogP contribution < -0.4 is 10.6 Å². The molecule has 2 aromatic heterocycles. The van der Waals surface area contributed by atoms with Crippen molar-refractivity contribution in [1.29, 1.82) is 0 Å². The molecule has 0 amide bonds. The van der Waals surface area contributed by atoms with Gasteiger partial charge in [-0.15, -0.1) is 49.6 Å². The molecule has 6 nitrogen and oxygen atoms in total. The van der Waals surface area contributed by atoms with E-state index in [9.17, 15) is 0 Å². The second-order valence-electron chi connectivity index (χ2n) is 9.74. The lowest BCUT2D eigenvalue weighted by Crippen LogP contribution is -2.14. The summed E-state index contributed by atoms with van der Waals surface area (Å²) in [6.07, 6.45) is 8.32. The van der Waals surface area contributed by atoms with Gasteiger partial charge in [-0.25, -0.2) is 9.97 Å². The van der Waals surface area contributed by atoms with Gasteiger partial charge < -0.3 is 20.6 Å². The molecule has 10 heteroatoms. The van der Waals surface area contributed by atoms with E-state index < -0.39 is 0 Å². The fourth-order valence-electron chi connectivity index (χ4n) is 5.22. The first-order valence-corrected chi connectivity index (χ1v) is 13.0. The predicted octanol–water partition coefficient (Wildman–Crippen LogP) is 6.71. The maximum absolute atomic E-state index is 4.67. The summed E-state index contributed by atoms with van der Waals surface area (Å²) in [5.74, 6) is 14.5. The van der Waals surface area contributed by atoms with Crippen LogP contribution >= 0.6 is 49.6 Å². The Bertz CT molecular complexity index is 1530. The van der Waals surface area contributed by atoms with Crippen molar-refractivity contribution < 1.29 is 0 Å². The number of benzene rings is 2. The molecule has 216 valence electrons. The molecular formula is C31H34Cl4N6. The monoisotopic (exact) mass is 630 g/mol. The number of aromatic amines is 2. The van der Waals surface area contributed by atoms with Crippen LogP contribution in [0.2, 0.25) is 0 Å². The summed E-state index contributed by atoms with van der Waals surface area (Å²) in [6, 6.07) is 15.4. The van der Waals surface area contributed by atoms with Crippen LogP contribution in [-0.4, -0.2) is 33.0 Å². The van der Waals surface area contributed by atoms with Crippen molar-refractivity contribution in [2.45, 2.75) is 44.7 Å². The number of hydrogen-bond donors (Lipinski definition) is 4. The molecule has 4 aromatic rings. The summed E-state index contributed by atoms with van der Waals surface area (Å²) in [4.78, 5) is 16.0. The van der Waals surface area contributed by atoms with Crippen LogP contribution in [0.25, 0.3) is 22.4 Å². The van der Waals surface area contributed by atoms with Gasteiger partial charge in [0, 0.05) is 11.1 Å². The van der Waals surface area contributed by atoms with E-state index in [0.29, 0.717) is 12.1 Å². The molecule has 2 aliphatic heterocycles. The van der Waals surface area contributed by atoms with Gasteiger partial charge in [0.05, 0.1) is 30.2 Å². The summed E-state index contributed by atoms with van der Waals surface area (Å²) >= 11 is 0. The molecule has 2 fully saturated rings. The minimum Gasteiger partial charge on any atom is -0.341 e. The molecule has 0 saturated carbocycles. The van der Waals surface area contributed by atoms with Gasteiger partial charge in [0.2, 0.25) is 0 Å². The zero-order valence-electron chi connectivity index (χ0n) is 22.6. The number of nitrogens with zero attached hydrogens (tertiary/aromatic N) is 2. The van der Waals surface area contributed by atoms with E-state index in [1.165, 1.54) is 12.8 Å². The Morgan fingerprint density at radius 2 is 1.37 bits per heavy atom. The Hall–Kier alpha value is -2.94. The maximum Gasteiger partial charge on any atom is 0.124 e. The minimum absolute atomic E-state index is 0. The van der Waals surface area contributed by atoms with E-state index >= 15 is 0 Å². The Morgan fingerprint density at radius 1 is 0.732 bits per heavy atom. The molecule has 0 bridgehead atoms. The van der Waals surface area contributed by atoms with E-state index in [2.05, 4.69) is 97.6 Å².